The predicted octanol–water partition coefficient (Wildman–Crippen LogP) is 2.10. The van der Waals surface area contributed by atoms with Gasteiger partial charge in [0.1, 0.15) is 5.82 Å². The summed E-state index contributed by atoms with van der Waals surface area (Å²) in [5.41, 5.74) is -1.00. The van der Waals surface area contributed by atoms with Crippen molar-refractivity contribution in [3.05, 3.63) is 17.8 Å². The Morgan fingerprint density at radius 2 is 2.25 bits per heavy atom. The van der Waals surface area contributed by atoms with Gasteiger partial charge in [-0.05, 0) is 25.5 Å². The summed E-state index contributed by atoms with van der Waals surface area (Å²) in [7, 11) is 0. The highest BCUT2D eigenvalue weighted by Gasteiger charge is 2.32. The van der Waals surface area contributed by atoms with Gasteiger partial charge >= 0.3 is 6.18 Å². The second kappa shape index (κ2) is 6.36. The molecule has 8 heteroatoms. The summed E-state index contributed by atoms with van der Waals surface area (Å²) in [5.74, 6) is 0.289. The van der Waals surface area contributed by atoms with Crippen molar-refractivity contribution in [2.45, 2.75) is 31.7 Å². The number of nitrogens with one attached hydrogen (secondary N) is 1. The molecule has 1 aromatic rings. The van der Waals surface area contributed by atoms with Gasteiger partial charge in [-0.15, -0.1) is 10.2 Å². The van der Waals surface area contributed by atoms with Crippen molar-refractivity contribution in [1.82, 2.24) is 10.2 Å². The van der Waals surface area contributed by atoms with Crippen molar-refractivity contribution in [1.29, 1.82) is 0 Å². The minimum absolute atomic E-state index is 0.0818. The Morgan fingerprint density at radius 3 is 2.80 bits per heavy atom. The Bertz CT molecular complexity index is 419. The van der Waals surface area contributed by atoms with Crippen molar-refractivity contribution < 1.29 is 22.6 Å². The minimum Gasteiger partial charge on any atom is -0.379 e. The van der Waals surface area contributed by atoms with Gasteiger partial charge in [0.25, 0.3) is 0 Å². The van der Waals surface area contributed by atoms with E-state index in [1.165, 1.54) is 6.07 Å². The van der Waals surface area contributed by atoms with Gasteiger partial charge in [-0.1, -0.05) is 0 Å². The molecular formula is C12H16F3N3O2. The Morgan fingerprint density at radius 1 is 1.45 bits per heavy atom. The van der Waals surface area contributed by atoms with Crippen LogP contribution in [-0.2, 0) is 15.7 Å². The van der Waals surface area contributed by atoms with Gasteiger partial charge < -0.3 is 14.8 Å². The smallest absolute Gasteiger partial charge is 0.379 e. The first-order valence-corrected chi connectivity index (χ1v) is 6.32. The molecular weight excluding hydrogens is 275 g/mol. The normalized spacial score (nSPS) is 20.9. The fourth-order valence-corrected chi connectivity index (χ4v) is 1.78. The van der Waals surface area contributed by atoms with E-state index >= 15 is 0 Å². The summed E-state index contributed by atoms with van der Waals surface area (Å²) in [6.45, 7) is 3.58. The number of rotatable bonds is 5. The molecule has 5 nitrogen and oxygen atoms in total. The third kappa shape index (κ3) is 4.31. The van der Waals surface area contributed by atoms with Crippen molar-refractivity contribution in [3.63, 3.8) is 0 Å². The molecule has 2 rings (SSSR count). The lowest BCUT2D eigenvalue weighted by Gasteiger charge is -2.17. The number of ether oxygens (including phenoxy) is 2. The van der Waals surface area contributed by atoms with E-state index in [2.05, 4.69) is 15.5 Å². The molecule has 2 unspecified atom stereocenters. The van der Waals surface area contributed by atoms with Gasteiger partial charge in [-0.3, -0.25) is 0 Å². The molecule has 0 spiro atoms. The Balaban J connectivity index is 1.80. The van der Waals surface area contributed by atoms with Gasteiger partial charge in [0.2, 0.25) is 0 Å². The van der Waals surface area contributed by atoms with Crippen LogP contribution >= 0.6 is 0 Å². The molecule has 1 aliphatic rings. The van der Waals surface area contributed by atoms with Gasteiger partial charge in [-0.25, -0.2) is 0 Å². The summed E-state index contributed by atoms with van der Waals surface area (Å²) < 4.78 is 47.7. The van der Waals surface area contributed by atoms with Crippen LogP contribution in [-0.4, -0.2) is 42.2 Å². The number of aromatic nitrogens is 2. The van der Waals surface area contributed by atoms with E-state index in [9.17, 15) is 13.2 Å². The summed E-state index contributed by atoms with van der Waals surface area (Å²) >= 11 is 0. The summed E-state index contributed by atoms with van der Waals surface area (Å²) in [6.07, 6.45) is -3.51. The molecule has 1 fully saturated rings. The van der Waals surface area contributed by atoms with E-state index in [0.29, 0.717) is 19.8 Å². The third-order valence-corrected chi connectivity index (χ3v) is 2.82. The number of hydrogen-bond acceptors (Lipinski definition) is 5. The molecule has 112 valence electrons. The number of halogens is 3. The first kappa shape index (κ1) is 15.0. The summed E-state index contributed by atoms with van der Waals surface area (Å²) in [6, 6.07) is 2.07. The fourth-order valence-electron chi connectivity index (χ4n) is 1.78. The van der Waals surface area contributed by atoms with Gasteiger partial charge in [-0.2, -0.15) is 13.2 Å². The lowest BCUT2D eigenvalue weighted by atomic mass is 10.3. The molecule has 0 aromatic carbocycles. The highest BCUT2D eigenvalue weighted by molar-refractivity contribution is 5.34. The zero-order valence-corrected chi connectivity index (χ0v) is 11.0. The molecule has 1 aliphatic heterocycles. The molecule has 20 heavy (non-hydrogen) atoms. The quantitative estimate of drug-likeness (QED) is 0.900. The van der Waals surface area contributed by atoms with E-state index in [0.717, 1.165) is 12.5 Å². The van der Waals surface area contributed by atoms with Crippen molar-refractivity contribution in [2.24, 2.45) is 0 Å². The summed E-state index contributed by atoms with van der Waals surface area (Å²) in [5, 5.41) is 9.58. The molecule has 0 amide bonds. The van der Waals surface area contributed by atoms with Crippen molar-refractivity contribution >= 4 is 5.82 Å². The zero-order valence-electron chi connectivity index (χ0n) is 11.0. The first-order valence-electron chi connectivity index (χ1n) is 6.32. The van der Waals surface area contributed by atoms with E-state index in [-0.39, 0.29) is 18.0 Å². The van der Waals surface area contributed by atoms with Crippen LogP contribution in [0.5, 0.6) is 0 Å². The van der Waals surface area contributed by atoms with E-state index in [4.69, 9.17) is 9.47 Å². The number of alkyl halides is 3. The lowest BCUT2D eigenvalue weighted by molar-refractivity contribution is -0.141. The largest absolute Gasteiger partial charge is 0.435 e. The molecule has 2 heterocycles. The molecule has 1 aromatic heterocycles. The van der Waals surface area contributed by atoms with E-state index in [1.54, 1.807) is 0 Å². The highest BCUT2D eigenvalue weighted by Crippen LogP contribution is 2.27. The van der Waals surface area contributed by atoms with Crippen LogP contribution < -0.4 is 5.32 Å². The van der Waals surface area contributed by atoms with Gasteiger partial charge in [0.05, 0.1) is 19.3 Å². The van der Waals surface area contributed by atoms with Gasteiger partial charge in [0.15, 0.2) is 5.69 Å². The summed E-state index contributed by atoms with van der Waals surface area (Å²) in [4.78, 5) is 0. The SMILES string of the molecule is CC(COC1CCOC1)Nc1ccc(C(F)(F)F)nn1. The maximum atomic E-state index is 12.3. The number of hydrogen-bond donors (Lipinski definition) is 1. The minimum atomic E-state index is -4.47. The average Bonchev–Trinajstić information content (AvgIpc) is 2.89. The zero-order chi connectivity index (χ0) is 14.6. The Labute approximate surface area is 114 Å². The topological polar surface area (TPSA) is 56.3 Å². The van der Waals surface area contributed by atoms with Crippen LogP contribution in [0.25, 0.3) is 0 Å². The van der Waals surface area contributed by atoms with Crippen LogP contribution in [0.4, 0.5) is 19.0 Å². The first-order chi connectivity index (χ1) is 9.45. The molecule has 1 saturated heterocycles. The molecule has 1 N–H and O–H groups in total. The standard InChI is InChI=1S/C12H16F3N3O2/c1-8(6-20-9-4-5-19-7-9)16-11-3-2-10(17-18-11)12(13,14)15/h2-3,8-9H,4-7H2,1H3,(H,16,18). The highest BCUT2D eigenvalue weighted by atomic mass is 19.4. The van der Waals surface area contributed by atoms with E-state index < -0.39 is 11.9 Å². The molecule has 0 aliphatic carbocycles. The fraction of sp³-hybridized carbons (Fsp3) is 0.667. The van der Waals surface area contributed by atoms with Crippen LogP contribution in [0.2, 0.25) is 0 Å². The Kier molecular flexibility index (Phi) is 4.77. The lowest BCUT2D eigenvalue weighted by Crippen LogP contribution is -2.26. The second-order valence-corrected chi connectivity index (χ2v) is 4.67. The monoisotopic (exact) mass is 291 g/mol. The van der Waals surface area contributed by atoms with Crippen LogP contribution in [0.1, 0.15) is 19.0 Å². The van der Waals surface area contributed by atoms with Crippen LogP contribution in [0, 0.1) is 0 Å². The molecule has 2 atom stereocenters. The number of anilines is 1. The maximum Gasteiger partial charge on any atom is 0.435 e. The molecule has 0 radical (unpaired) electrons. The molecule has 0 bridgehead atoms. The third-order valence-electron chi connectivity index (χ3n) is 2.82. The predicted molar refractivity (Wildman–Crippen MR) is 65.3 cm³/mol. The average molecular weight is 291 g/mol. The maximum absolute atomic E-state index is 12.3. The van der Waals surface area contributed by atoms with E-state index in [1.807, 2.05) is 6.92 Å². The van der Waals surface area contributed by atoms with Gasteiger partial charge in [0, 0.05) is 12.6 Å². The van der Waals surface area contributed by atoms with Crippen molar-refractivity contribution in [3.8, 4) is 0 Å². The molecule has 0 saturated carbocycles. The van der Waals surface area contributed by atoms with Crippen molar-refractivity contribution in [2.75, 3.05) is 25.1 Å². The van der Waals surface area contributed by atoms with Crippen LogP contribution in [0.3, 0.4) is 0 Å². The Hall–Kier alpha value is -1.41. The second-order valence-electron chi connectivity index (χ2n) is 4.67. The van der Waals surface area contributed by atoms with Crippen LogP contribution in [0.15, 0.2) is 12.1 Å². The number of nitrogens with zero attached hydrogens (tertiary/aromatic N) is 2.